The topological polar surface area (TPSA) is 73.1 Å². The minimum atomic E-state index is -0.898. The van der Waals surface area contributed by atoms with E-state index in [4.69, 9.17) is 4.74 Å². The Morgan fingerprint density at radius 3 is 2.72 bits per heavy atom. The predicted octanol–water partition coefficient (Wildman–Crippen LogP) is 4.02. The molecule has 1 aliphatic rings. The highest BCUT2D eigenvalue weighted by molar-refractivity contribution is 5.98. The first-order valence-electron chi connectivity index (χ1n) is 10.3. The van der Waals surface area contributed by atoms with Crippen LogP contribution in [0.15, 0.2) is 42.2 Å². The number of likely N-dealkylation sites (tertiary alicyclic amines) is 1. The molecular formula is C23H23F2N5O2. The van der Waals surface area contributed by atoms with Crippen molar-refractivity contribution in [1.82, 2.24) is 24.6 Å². The molecule has 1 amide bonds. The van der Waals surface area contributed by atoms with Crippen LogP contribution in [0.4, 0.5) is 8.78 Å². The minimum absolute atomic E-state index is 0.178. The van der Waals surface area contributed by atoms with Gasteiger partial charge in [-0.05, 0) is 62.6 Å². The maximum Gasteiger partial charge on any atom is 0.250 e. The standard InChI is InChI=1S/C23H23F2N5O2/c1-14(18-7-9-21(24)27-22(18)25)29-10-4-5-17(23(29)31)11-16-6-8-19(20(12-16)32-3)30-13-26-15(2)28-30/h6-9,11-14H,4-5,10H2,1-3H3/b17-11+/t14-/m0/s1. The van der Waals surface area contributed by atoms with E-state index in [2.05, 4.69) is 15.1 Å². The fourth-order valence-corrected chi connectivity index (χ4v) is 3.87. The number of hydrogen-bond donors (Lipinski definition) is 0. The lowest BCUT2D eigenvalue weighted by atomic mass is 9.97. The summed E-state index contributed by atoms with van der Waals surface area (Å²) in [5.41, 5.74) is 2.34. The van der Waals surface area contributed by atoms with Gasteiger partial charge in [0.05, 0.1) is 13.2 Å². The van der Waals surface area contributed by atoms with Crippen LogP contribution in [0.2, 0.25) is 0 Å². The number of hydrogen-bond acceptors (Lipinski definition) is 5. The van der Waals surface area contributed by atoms with Gasteiger partial charge in [0.2, 0.25) is 17.8 Å². The molecule has 166 valence electrons. The average molecular weight is 439 g/mol. The summed E-state index contributed by atoms with van der Waals surface area (Å²) in [7, 11) is 1.57. The lowest BCUT2D eigenvalue weighted by molar-refractivity contribution is -0.130. The van der Waals surface area contributed by atoms with Gasteiger partial charge < -0.3 is 9.64 Å². The summed E-state index contributed by atoms with van der Waals surface area (Å²) < 4.78 is 34.5. The summed E-state index contributed by atoms with van der Waals surface area (Å²) in [4.78, 5) is 22.1. The highest BCUT2D eigenvalue weighted by Crippen LogP contribution is 2.31. The van der Waals surface area contributed by atoms with Crippen molar-refractivity contribution in [2.75, 3.05) is 13.7 Å². The van der Waals surface area contributed by atoms with E-state index in [0.717, 1.165) is 23.7 Å². The molecule has 32 heavy (non-hydrogen) atoms. The number of nitrogens with zero attached hydrogens (tertiary/aromatic N) is 5. The van der Waals surface area contributed by atoms with Crippen molar-refractivity contribution < 1.29 is 18.3 Å². The number of carbonyl (C=O) groups is 1. The lowest BCUT2D eigenvalue weighted by Crippen LogP contribution is -2.39. The van der Waals surface area contributed by atoms with E-state index in [9.17, 15) is 13.6 Å². The number of carbonyl (C=O) groups excluding carboxylic acids is 1. The summed E-state index contributed by atoms with van der Waals surface area (Å²) in [5, 5.41) is 4.31. The Kier molecular flexibility index (Phi) is 5.98. The zero-order valence-corrected chi connectivity index (χ0v) is 18.0. The third-order valence-electron chi connectivity index (χ3n) is 5.54. The molecule has 1 aliphatic heterocycles. The Bertz CT molecular complexity index is 1190. The maximum absolute atomic E-state index is 14.2. The third kappa shape index (κ3) is 4.23. The molecule has 0 spiro atoms. The molecule has 1 aromatic carbocycles. The first-order valence-corrected chi connectivity index (χ1v) is 10.3. The molecule has 3 heterocycles. The Labute approximate surface area is 184 Å². The smallest absolute Gasteiger partial charge is 0.250 e. The van der Waals surface area contributed by atoms with Crippen LogP contribution in [-0.2, 0) is 4.79 Å². The van der Waals surface area contributed by atoms with E-state index in [1.54, 1.807) is 36.9 Å². The van der Waals surface area contributed by atoms with E-state index in [0.29, 0.717) is 30.1 Å². The SMILES string of the molecule is COc1cc(/C=C2\CCCN([C@@H](C)c3ccc(F)nc3F)C2=O)ccc1-n1cnc(C)n1. The lowest BCUT2D eigenvalue weighted by Gasteiger charge is -2.34. The summed E-state index contributed by atoms with van der Waals surface area (Å²) in [5.74, 6) is -0.722. The van der Waals surface area contributed by atoms with E-state index in [-0.39, 0.29) is 11.5 Å². The molecule has 0 radical (unpaired) electrons. The number of rotatable bonds is 5. The van der Waals surface area contributed by atoms with E-state index in [1.165, 1.54) is 6.07 Å². The molecule has 2 aromatic heterocycles. The molecule has 0 saturated carbocycles. The molecule has 0 aliphatic carbocycles. The van der Waals surface area contributed by atoms with Gasteiger partial charge >= 0.3 is 0 Å². The van der Waals surface area contributed by atoms with Gasteiger partial charge in [-0.2, -0.15) is 18.9 Å². The summed E-state index contributed by atoms with van der Waals surface area (Å²) in [6, 6.07) is 7.44. The molecule has 0 bridgehead atoms. The Morgan fingerprint density at radius 2 is 2.03 bits per heavy atom. The van der Waals surface area contributed by atoms with Crippen molar-refractivity contribution in [2.24, 2.45) is 0 Å². The summed E-state index contributed by atoms with van der Waals surface area (Å²) in [6.07, 6.45) is 4.78. The van der Waals surface area contributed by atoms with Crippen molar-refractivity contribution in [3.63, 3.8) is 0 Å². The van der Waals surface area contributed by atoms with Gasteiger partial charge in [-0.15, -0.1) is 0 Å². The number of pyridine rings is 1. The molecule has 0 unspecified atom stereocenters. The number of piperidine rings is 1. The average Bonchev–Trinajstić information content (AvgIpc) is 3.20. The van der Waals surface area contributed by atoms with Crippen molar-refractivity contribution in [3.05, 3.63) is 71.1 Å². The van der Waals surface area contributed by atoms with Crippen LogP contribution in [0.5, 0.6) is 5.75 Å². The van der Waals surface area contributed by atoms with Crippen molar-refractivity contribution >= 4 is 12.0 Å². The zero-order valence-electron chi connectivity index (χ0n) is 18.0. The normalized spacial score (nSPS) is 16.5. The van der Waals surface area contributed by atoms with Gasteiger partial charge in [-0.1, -0.05) is 6.07 Å². The van der Waals surface area contributed by atoms with Crippen molar-refractivity contribution in [1.29, 1.82) is 0 Å². The quantitative estimate of drug-likeness (QED) is 0.443. The monoisotopic (exact) mass is 439 g/mol. The number of ether oxygens (including phenoxy) is 1. The molecule has 1 atom stereocenters. The second-order valence-corrected chi connectivity index (χ2v) is 7.63. The van der Waals surface area contributed by atoms with Crippen LogP contribution < -0.4 is 4.74 Å². The molecule has 7 nitrogen and oxygen atoms in total. The fraction of sp³-hybridized carbons (Fsp3) is 0.304. The van der Waals surface area contributed by atoms with Gasteiger partial charge in [0.1, 0.15) is 23.6 Å². The second kappa shape index (κ2) is 8.86. The van der Waals surface area contributed by atoms with Gasteiger partial charge in [0.25, 0.3) is 0 Å². The van der Waals surface area contributed by atoms with E-state index < -0.39 is 17.9 Å². The highest BCUT2D eigenvalue weighted by Gasteiger charge is 2.29. The van der Waals surface area contributed by atoms with Crippen molar-refractivity contribution in [3.8, 4) is 11.4 Å². The van der Waals surface area contributed by atoms with Gasteiger partial charge in [-0.3, -0.25) is 4.79 Å². The number of amides is 1. The van der Waals surface area contributed by atoms with Gasteiger partial charge in [0, 0.05) is 17.7 Å². The fourth-order valence-electron chi connectivity index (χ4n) is 3.87. The number of methoxy groups -OCH3 is 1. The van der Waals surface area contributed by atoms with E-state index >= 15 is 0 Å². The van der Waals surface area contributed by atoms with Crippen LogP contribution in [0.3, 0.4) is 0 Å². The molecule has 0 N–H and O–H groups in total. The van der Waals surface area contributed by atoms with Gasteiger partial charge in [0.15, 0.2) is 0 Å². The Hall–Kier alpha value is -3.62. The first kappa shape index (κ1) is 21.6. The van der Waals surface area contributed by atoms with Crippen LogP contribution in [-0.4, -0.2) is 44.2 Å². The number of halogens is 2. The molecule has 4 rings (SSSR count). The molecule has 1 fully saturated rings. The minimum Gasteiger partial charge on any atom is -0.494 e. The van der Waals surface area contributed by atoms with Gasteiger partial charge in [-0.25, -0.2) is 9.67 Å². The molecular weight excluding hydrogens is 416 g/mol. The second-order valence-electron chi connectivity index (χ2n) is 7.63. The van der Waals surface area contributed by atoms with Crippen LogP contribution in [0, 0.1) is 18.8 Å². The van der Waals surface area contributed by atoms with Crippen LogP contribution in [0.1, 0.15) is 42.8 Å². The number of benzene rings is 1. The zero-order chi connectivity index (χ0) is 22.8. The van der Waals surface area contributed by atoms with E-state index in [1.807, 2.05) is 24.3 Å². The summed E-state index contributed by atoms with van der Waals surface area (Å²) >= 11 is 0. The largest absolute Gasteiger partial charge is 0.494 e. The summed E-state index contributed by atoms with van der Waals surface area (Å²) in [6.45, 7) is 4.01. The molecule has 9 heteroatoms. The Balaban J connectivity index is 1.60. The first-order chi connectivity index (χ1) is 15.4. The van der Waals surface area contributed by atoms with Crippen LogP contribution in [0.25, 0.3) is 11.8 Å². The maximum atomic E-state index is 14.2. The third-order valence-corrected chi connectivity index (χ3v) is 5.54. The molecule has 1 saturated heterocycles. The molecule has 3 aromatic rings. The predicted molar refractivity (Wildman–Crippen MR) is 114 cm³/mol. The van der Waals surface area contributed by atoms with Crippen LogP contribution >= 0.6 is 0 Å². The number of aryl methyl sites for hydroxylation is 1. The number of aromatic nitrogens is 4. The Morgan fingerprint density at radius 1 is 1.22 bits per heavy atom. The highest BCUT2D eigenvalue weighted by atomic mass is 19.1. The van der Waals surface area contributed by atoms with Crippen molar-refractivity contribution in [2.45, 2.75) is 32.7 Å².